The Kier molecular flexibility index (Phi) is 3.21. The number of carbonyl (C=O) groups is 1. The van der Waals surface area contributed by atoms with Gasteiger partial charge >= 0.3 is 0 Å². The van der Waals surface area contributed by atoms with Crippen molar-refractivity contribution in [3.05, 3.63) is 66.1 Å². The summed E-state index contributed by atoms with van der Waals surface area (Å²) < 4.78 is 12.8. The third-order valence-electron chi connectivity index (χ3n) is 3.15. The van der Waals surface area contributed by atoms with Crippen LogP contribution in [0.15, 0.2) is 54.7 Å². The van der Waals surface area contributed by atoms with Gasteiger partial charge in [-0.25, -0.2) is 4.39 Å². The third-order valence-corrected chi connectivity index (χ3v) is 3.15. The van der Waals surface area contributed by atoms with Crippen molar-refractivity contribution < 1.29 is 9.18 Å². The molecule has 2 N–H and O–H groups in total. The number of benzene rings is 2. The quantitative estimate of drug-likeness (QED) is 0.750. The number of aromatic amines is 1. The fraction of sp³-hybridized carbons (Fsp3) is 0.0625. The van der Waals surface area contributed by atoms with Gasteiger partial charge in [0, 0.05) is 17.1 Å². The number of rotatable bonds is 3. The van der Waals surface area contributed by atoms with E-state index in [0.29, 0.717) is 0 Å². The molecule has 3 nitrogen and oxygen atoms in total. The topological polar surface area (TPSA) is 44.9 Å². The third kappa shape index (κ3) is 2.54. The van der Waals surface area contributed by atoms with Crippen molar-refractivity contribution in [3.63, 3.8) is 0 Å². The number of amides is 1. The fourth-order valence-electron chi connectivity index (χ4n) is 2.18. The minimum Gasteiger partial charge on any atom is -0.361 e. The average Bonchev–Trinajstić information content (AvgIpc) is 2.91. The maximum atomic E-state index is 12.8. The molecule has 0 aliphatic heterocycles. The molecule has 20 heavy (non-hydrogen) atoms. The monoisotopic (exact) mass is 268 g/mol. The van der Waals surface area contributed by atoms with Crippen LogP contribution in [0.2, 0.25) is 0 Å². The highest BCUT2D eigenvalue weighted by Gasteiger charge is 2.07. The second-order valence-electron chi connectivity index (χ2n) is 4.60. The van der Waals surface area contributed by atoms with Gasteiger partial charge < -0.3 is 10.3 Å². The molecule has 0 aliphatic rings. The number of nitrogens with one attached hydrogen (secondary N) is 2. The van der Waals surface area contributed by atoms with E-state index < -0.39 is 0 Å². The van der Waals surface area contributed by atoms with Gasteiger partial charge in [-0.3, -0.25) is 4.79 Å². The minimum absolute atomic E-state index is 0.120. The summed E-state index contributed by atoms with van der Waals surface area (Å²) in [5, 5.41) is 3.85. The van der Waals surface area contributed by atoms with Gasteiger partial charge in [0.05, 0.1) is 12.1 Å². The van der Waals surface area contributed by atoms with E-state index in [1.807, 2.05) is 30.5 Å². The fourth-order valence-corrected chi connectivity index (χ4v) is 2.18. The van der Waals surface area contributed by atoms with E-state index >= 15 is 0 Å². The van der Waals surface area contributed by atoms with Gasteiger partial charge in [-0.2, -0.15) is 0 Å². The Bertz CT molecular complexity index is 747. The average molecular weight is 268 g/mol. The van der Waals surface area contributed by atoms with E-state index in [4.69, 9.17) is 0 Å². The summed E-state index contributed by atoms with van der Waals surface area (Å²) in [5.41, 5.74) is 2.53. The zero-order valence-corrected chi connectivity index (χ0v) is 10.7. The predicted molar refractivity (Wildman–Crippen MR) is 77.0 cm³/mol. The highest BCUT2D eigenvalue weighted by molar-refractivity contribution is 6.01. The molecule has 0 bridgehead atoms. The van der Waals surface area contributed by atoms with E-state index in [0.717, 1.165) is 22.2 Å². The zero-order valence-electron chi connectivity index (χ0n) is 10.7. The smallest absolute Gasteiger partial charge is 0.228 e. The second-order valence-corrected chi connectivity index (χ2v) is 4.60. The van der Waals surface area contributed by atoms with Gasteiger partial charge in [0.1, 0.15) is 5.82 Å². The molecular formula is C16H13FN2O. The molecule has 0 atom stereocenters. The lowest BCUT2D eigenvalue weighted by Gasteiger charge is -2.06. The van der Waals surface area contributed by atoms with Crippen molar-refractivity contribution in [2.24, 2.45) is 0 Å². The molecule has 4 heteroatoms. The maximum absolute atomic E-state index is 12.8. The van der Waals surface area contributed by atoms with E-state index in [-0.39, 0.29) is 18.1 Å². The Morgan fingerprint density at radius 2 is 1.90 bits per heavy atom. The second kappa shape index (κ2) is 5.17. The molecule has 0 radical (unpaired) electrons. The first-order valence-corrected chi connectivity index (χ1v) is 6.33. The summed E-state index contributed by atoms with van der Waals surface area (Å²) in [6, 6.07) is 13.6. The van der Waals surface area contributed by atoms with Crippen molar-refractivity contribution in [1.29, 1.82) is 0 Å². The number of carbonyl (C=O) groups excluding carboxylic acids is 1. The lowest BCUT2D eigenvalue weighted by molar-refractivity contribution is -0.115. The van der Waals surface area contributed by atoms with Crippen molar-refractivity contribution in [3.8, 4) is 0 Å². The zero-order chi connectivity index (χ0) is 13.9. The Hall–Kier alpha value is -2.62. The number of halogens is 1. The minimum atomic E-state index is -0.300. The summed E-state index contributed by atoms with van der Waals surface area (Å²) in [6.45, 7) is 0. The van der Waals surface area contributed by atoms with Crippen LogP contribution in [0.3, 0.4) is 0 Å². The molecule has 0 aliphatic carbocycles. The Labute approximate surface area is 115 Å². The van der Waals surface area contributed by atoms with Crippen molar-refractivity contribution >= 4 is 22.5 Å². The number of hydrogen-bond acceptors (Lipinski definition) is 1. The molecular weight excluding hydrogens is 255 g/mol. The summed E-state index contributed by atoms with van der Waals surface area (Å²) in [5.74, 6) is -0.420. The van der Waals surface area contributed by atoms with Gasteiger partial charge in [0.15, 0.2) is 0 Å². The van der Waals surface area contributed by atoms with Crippen LogP contribution in [0.1, 0.15) is 5.56 Å². The van der Waals surface area contributed by atoms with Gasteiger partial charge in [0.25, 0.3) is 0 Å². The number of anilines is 1. The number of fused-ring (bicyclic) bond motifs is 1. The Morgan fingerprint density at radius 3 is 2.70 bits per heavy atom. The molecule has 3 rings (SSSR count). The van der Waals surface area contributed by atoms with Gasteiger partial charge in [-0.15, -0.1) is 0 Å². The van der Waals surface area contributed by atoms with Gasteiger partial charge in [0.2, 0.25) is 5.91 Å². The van der Waals surface area contributed by atoms with Crippen LogP contribution in [0.5, 0.6) is 0 Å². The summed E-state index contributed by atoms with van der Waals surface area (Å²) in [6.07, 6.45) is 2.06. The number of aromatic nitrogens is 1. The van der Waals surface area contributed by atoms with Crippen LogP contribution >= 0.6 is 0 Å². The SMILES string of the molecule is O=C(Cc1ccc(F)cc1)Nc1cccc2[nH]ccc12. The molecule has 0 saturated carbocycles. The van der Waals surface area contributed by atoms with Crippen LogP contribution in [0.25, 0.3) is 10.9 Å². The van der Waals surface area contributed by atoms with Gasteiger partial charge in [-0.1, -0.05) is 18.2 Å². The van der Waals surface area contributed by atoms with Crippen LogP contribution in [0.4, 0.5) is 10.1 Å². The largest absolute Gasteiger partial charge is 0.361 e. The molecule has 1 aromatic heterocycles. The normalized spacial score (nSPS) is 10.7. The molecule has 0 spiro atoms. The maximum Gasteiger partial charge on any atom is 0.228 e. The molecule has 1 heterocycles. The first-order chi connectivity index (χ1) is 9.72. The van der Waals surface area contributed by atoms with Crippen LogP contribution in [-0.2, 0) is 11.2 Å². The summed E-state index contributed by atoms with van der Waals surface area (Å²) in [7, 11) is 0. The molecule has 100 valence electrons. The number of H-pyrrole nitrogens is 1. The van der Waals surface area contributed by atoms with E-state index in [1.165, 1.54) is 12.1 Å². The molecule has 2 aromatic carbocycles. The van der Waals surface area contributed by atoms with Crippen LogP contribution in [0, 0.1) is 5.82 Å². The Balaban J connectivity index is 1.76. The lowest BCUT2D eigenvalue weighted by Crippen LogP contribution is -2.14. The number of hydrogen-bond donors (Lipinski definition) is 2. The molecule has 3 aromatic rings. The highest BCUT2D eigenvalue weighted by Crippen LogP contribution is 2.22. The molecule has 1 amide bonds. The van der Waals surface area contributed by atoms with E-state index in [1.54, 1.807) is 12.1 Å². The van der Waals surface area contributed by atoms with Crippen molar-refractivity contribution in [2.45, 2.75) is 6.42 Å². The highest BCUT2D eigenvalue weighted by atomic mass is 19.1. The summed E-state index contributed by atoms with van der Waals surface area (Å²) in [4.78, 5) is 15.1. The van der Waals surface area contributed by atoms with Crippen molar-refractivity contribution in [1.82, 2.24) is 4.98 Å². The standard InChI is InChI=1S/C16H13FN2O/c17-12-6-4-11(5-7-12)10-16(20)19-15-3-1-2-14-13(15)8-9-18-14/h1-9,18H,10H2,(H,19,20). The predicted octanol–water partition coefficient (Wildman–Crippen LogP) is 3.49. The first kappa shape index (κ1) is 12.4. The van der Waals surface area contributed by atoms with Crippen LogP contribution in [-0.4, -0.2) is 10.9 Å². The Morgan fingerprint density at radius 1 is 1.10 bits per heavy atom. The lowest BCUT2D eigenvalue weighted by atomic mass is 10.1. The van der Waals surface area contributed by atoms with E-state index in [9.17, 15) is 9.18 Å². The first-order valence-electron chi connectivity index (χ1n) is 6.33. The van der Waals surface area contributed by atoms with E-state index in [2.05, 4.69) is 10.3 Å². The molecule has 0 fully saturated rings. The molecule has 0 saturated heterocycles. The molecule has 0 unspecified atom stereocenters. The van der Waals surface area contributed by atoms with Crippen molar-refractivity contribution in [2.75, 3.05) is 5.32 Å². The van der Waals surface area contributed by atoms with Crippen LogP contribution < -0.4 is 5.32 Å². The summed E-state index contributed by atoms with van der Waals surface area (Å²) >= 11 is 0. The van der Waals surface area contributed by atoms with Gasteiger partial charge in [-0.05, 0) is 35.9 Å².